The maximum Gasteiger partial charge on any atom is 0.0490 e. The van der Waals surface area contributed by atoms with Crippen LogP contribution in [0.4, 0.5) is 0 Å². The number of aromatic amines is 1. The first-order valence-corrected chi connectivity index (χ1v) is 6.59. The second kappa shape index (κ2) is 9.45. The molecule has 0 aromatic carbocycles. The van der Waals surface area contributed by atoms with E-state index in [9.17, 15) is 0 Å². The van der Waals surface area contributed by atoms with Crippen LogP contribution in [0.2, 0.25) is 0 Å². The largest absolute Gasteiger partial charge is 0.282 e. The van der Waals surface area contributed by atoms with Gasteiger partial charge in [-0.3, -0.25) is 9.78 Å². The van der Waals surface area contributed by atoms with E-state index in [1.807, 2.05) is 36.9 Å². The third-order valence-corrected chi connectivity index (χ3v) is 2.20. The van der Waals surface area contributed by atoms with Crippen molar-refractivity contribution < 1.29 is 0 Å². The molecule has 0 spiro atoms. The molecule has 2 aromatic heterocycles. The van der Waals surface area contributed by atoms with Crippen molar-refractivity contribution in [1.82, 2.24) is 20.0 Å². The molecule has 2 rings (SSSR count). The molecule has 0 fully saturated rings. The van der Waals surface area contributed by atoms with Crippen molar-refractivity contribution in [3.8, 4) is 0 Å². The van der Waals surface area contributed by atoms with Gasteiger partial charge in [0.1, 0.15) is 0 Å². The predicted molar refractivity (Wildman–Crippen MR) is 76.6 cm³/mol. The average molecular weight is 250 g/mol. The normalized spacial score (nSPS) is 9.56. The molecule has 0 saturated carbocycles. The molecule has 18 heavy (non-hydrogen) atoms. The highest BCUT2D eigenvalue weighted by Crippen LogP contribution is 2.07. The van der Waals surface area contributed by atoms with Gasteiger partial charge in [0.2, 0.25) is 0 Å². The Morgan fingerprint density at radius 3 is 2.00 bits per heavy atom. The summed E-state index contributed by atoms with van der Waals surface area (Å²) in [7, 11) is 0. The summed E-state index contributed by atoms with van der Waals surface area (Å²) < 4.78 is 1.92. The molecule has 0 saturated heterocycles. The number of nitrogens with zero attached hydrogens (tertiary/aromatic N) is 3. The van der Waals surface area contributed by atoms with Crippen molar-refractivity contribution >= 4 is 0 Å². The van der Waals surface area contributed by atoms with Crippen LogP contribution in [0, 0.1) is 0 Å². The summed E-state index contributed by atoms with van der Waals surface area (Å²) >= 11 is 0. The molecule has 0 aliphatic heterocycles. The first kappa shape index (κ1) is 16.4. The Bertz CT molecular complexity index is 322. The zero-order valence-corrected chi connectivity index (χ0v) is 12.4. The fraction of sp³-hybridized carbons (Fsp3) is 0.571. The Morgan fingerprint density at radius 2 is 1.78 bits per heavy atom. The van der Waals surface area contributed by atoms with E-state index < -0.39 is 0 Å². The van der Waals surface area contributed by atoms with E-state index in [-0.39, 0.29) is 0 Å². The highest BCUT2D eigenvalue weighted by Gasteiger charge is 1.96. The first-order chi connectivity index (χ1) is 8.61. The molecule has 0 radical (unpaired) electrons. The van der Waals surface area contributed by atoms with Gasteiger partial charge in [-0.15, -0.1) is 0 Å². The van der Waals surface area contributed by atoms with Crippen LogP contribution in [0.15, 0.2) is 30.7 Å². The van der Waals surface area contributed by atoms with Crippen molar-refractivity contribution in [1.29, 1.82) is 0 Å². The van der Waals surface area contributed by atoms with Crippen LogP contribution in [-0.4, -0.2) is 20.0 Å². The Labute approximate surface area is 110 Å². The summed E-state index contributed by atoms with van der Waals surface area (Å²) in [5.74, 6) is 0.567. The summed E-state index contributed by atoms with van der Waals surface area (Å²) in [6, 6.07) is 4.41. The molecule has 4 nitrogen and oxygen atoms in total. The van der Waals surface area contributed by atoms with Crippen molar-refractivity contribution in [2.45, 2.75) is 53.5 Å². The maximum absolute atomic E-state index is 4.03. The zero-order valence-electron chi connectivity index (χ0n) is 12.4. The highest BCUT2D eigenvalue weighted by atomic mass is 15.3. The van der Waals surface area contributed by atoms with Crippen LogP contribution >= 0.6 is 0 Å². The minimum atomic E-state index is 0.491. The Kier molecular flexibility index (Phi) is 8.62. The second-order valence-electron chi connectivity index (χ2n) is 4.25. The monoisotopic (exact) mass is 250 g/mol. The van der Waals surface area contributed by atoms with Gasteiger partial charge >= 0.3 is 0 Å². The van der Waals surface area contributed by atoms with E-state index >= 15 is 0 Å². The van der Waals surface area contributed by atoms with Gasteiger partial charge in [0, 0.05) is 30.3 Å². The van der Waals surface area contributed by atoms with Crippen LogP contribution in [0.25, 0.3) is 0 Å². The summed E-state index contributed by atoms with van der Waals surface area (Å²) in [5, 5.41) is 10.7. The fourth-order valence-corrected chi connectivity index (χ4v) is 1.17. The van der Waals surface area contributed by atoms with Gasteiger partial charge in [-0.25, -0.2) is 0 Å². The van der Waals surface area contributed by atoms with E-state index in [0.29, 0.717) is 12.0 Å². The smallest absolute Gasteiger partial charge is 0.0490 e. The van der Waals surface area contributed by atoms with Crippen molar-refractivity contribution in [3.63, 3.8) is 0 Å². The van der Waals surface area contributed by atoms with Crippen LogP contribution in [0.5, 0.6) is 0 Å². The Balaban J connectivity index is 0.000000283. The molecule has 2 heterocycles. The number of aromatic nitrogens is 4. The fourth-order valence-electron chi connectivity index (χ4n) is 1.17. The SMILES string of the molecule is CC.CC(C)c1ccn[nH]1.CC(C)n1cccn1. The second-order valence-corrected chi connectivity index (χ2v) is 4.25. The molecule has 1 N–H and O–H groups in total. The van der Waals surface area contributed by atoms with Crippen molar-refractivity contribution in [3.05, 3.63) is 36.4 Å². The van der Waals surface area contributed by atoms with E-state index in [1.54, 1.807) is 12.4 Å². The number of hydrogen-bond acceptors (Lipinski definition) is 2. The average Bonchev–Trinajstić information content (AvgIpc) is 3.06. The molecule has 4 heteroatoms. The maximum atomic E-state index is 4.03. The zero-order chi connectivity index (χ0) is 14.0. The standard InChI is InChI=1S/2C6H10N2.C2H6/c1-6(2)8-5-3-4-7-8;1-5(2)6-3-4-7-8-6;1-2/h3-6H,1-2H3;3-5H,1-2H3,(H,7,8);1-2H3. The molecule has 0 atom stereocenters. The number of rotatable bonds is 2. The lowest BCUT2D eigenvalue weighted by atomic mass is 10.1. The number of nitrogens with one attached hydrogen (secondary N) is 1. The lowest BCUT2D eigenvalue weighted by molar-refractivity contribution is 0.532. The van der Waals surface area contributed by atoms with Gasteiger partial charge in [-0.1, -0.05) is 27.7 Å². The van der Waals surface area contributed by atoms with Gasteiger partial charge in [-0.05, 0) is 31.9 Å². The topological polar surface area (TPSA) is 46.5 Å². The predicted octanol–water partition coefficient (Wildman–Crippen LogP) is 4.02. The van der Waals surface area contributed by atoms with E-state index in [1.165, 1.54) is 5.69 Å². The quantitative estimate of drug-likeness (QED) is 0.875. The molecule has 102 valence electrons. The van der Waals surface area contributed by atoms with Crippen LogP contribution in [-0.2, 0) is 0 Å². The summed E-state index contributed by atoms with van der Waals surface area (Å²) in [6.45, 7) is 12.5. The lowest BCUT2D eigenvalue weighted by Gasteiger charge is -2.01. The van der Waals surface area contributed by atoms with Crippen LogP contribution in [0.3, 0.4) is 0 Å². The lowest BCUT2D eigenvalue weighted by Crippen LogP contribution is -1.99. The molecule has 2 aromatic rings. The third kappa shape index (κ3) is 6.23. The first-order valence-electron chi connectivity index (χ1n) is 6.59. The summed E-state index contributed by atoms with van der Waals surface area (Å²) in [4.78, 5) is 0. The Hall–Kier alpha value is -1.58. The van der Waals surface area contributed by atoms with Gasteiger partial charge in [0.25, 0.3) is 0 Å². The molecule has 0 unspecified atom stereocenters. The molecule has 0 aliphatic carbocycles. The van der Waals surface area contributed by atoms with Gasteiger partial charge in [0.15, 0.2) is 0 Å². The van der Waals surface area contributed by atoms with Gasteiger partial charge in [0.05, 0.1) is 0 Å². The molecular formula is C14H26N4. The van der Waals surface area contributed by atoms with Crippen molar-refractivity contribution in [2.75, 3.05) is 0 Å². The number of hydrogen-bond donors (Lipinski definition) is 1. The highest BCUT2D eigenvalue weighted by molar-refractivity contribution is 5.01. The minimum Gasteiger partial charge on any atom is -0.282 e. The third-order valence-electron chi connectivity index (χ3n) is 2.20. The minimum absolute atomic E-state index is 0.491. The Morgan fingerprint density at radius 1 is 1.11 bits per heavy atom. The van der Waals surface area contributed by atoms with E-state index in [0.717, 1.165) is 0 Å². The molecular weight excluding hydrogens is 224 g/mol. The summed E-state index contributed by atoms with van der Waals surface area (Å²) in [6.07, 6.45) is 5.53. The van der Waals surface area contributed by atoms with Gasteiger partial charge in [-0.2, -0.15) is 10.2 Å². The molecule has 0 amide bonds. The van der Waals surface area contributed by atoms with Crippen LogP contribution in [0.1, 0.15) is 59.2 Å². The van der Waals surface area contributed by atoms with Crippen molar-refractivity contribution in [2.24, 2.45) is 0 Å². The van der Waals surface area contributed by atoms with Gasteiger partial charge < -0.3 is 0 Å². The number of H-pyrrole nitrogens is 1. The van der Waals surface area contributed by atoms with Crippen LogP contribution < -0.4 is 0 Å². The molecule has 0 aliphatic rings. The molecule has 0 bridgehead atoms. The summed E-state index contributed by atoms with van der Waals surface area (Å²) in [5.41, 5.74) is 1.20. The van der Waals surface area contributed by atoms with E-state index in [4.69, 9.17) is 0 Å². The van der Waals surface area contributed by atoms with E-state index in [2.05, 4.69) is 43.0 Å².